The summed E-state index contributed by atoms with van der Waals surface area (Å²) in [5, 5.41) is 20.1. The Morgan fingerprint density at radius 2 is 1.95 bits per heavy atom. The molecule has 0 fully saturated rings. The number of hydrogen-bond acceptors (Lipinski definition) is 4. The molecular weight excluding hydrogens is 275 g/mol. The molecule has 1 aromatic rings. The lowest BCUT2D eigenvalue weighted by atomic mass is 10.3. The molecule has 0 heterocycles. The van der Waals surface area contributed by atoms with Gasteiger partial charge in [-0.15, -0.1) is 0 Å². The third-order valence-electron chi connectivity index (χ3n) is 2.40. The van der Waals surface area contributed by atoms with Gasteiger partial charge in [-0.2, -0.15) is 0 Å². The van der Waals surface area contributed by atoms with E-state index >= 15 is 0 Å². The van der Waals surface area contributed by atoms with Crippen LogP contribution < -0.4 is 5.32 Å². The Hall–Kier alpha value is -1.21. The van der Waals surface area contributed by atoms with Crippen molar-refractivity contribution in [3.63, 3.8) is 0 Å². The summed E-state index contributed by atoms with van der Waals surface area (Å²) in [5.41, 5.74) is 0.393. The molecule has 0 aliphatic heterocycles. The summed E-state index contributed by atoms with van der Waals surface area (Å²) in [6.45, 7) is 0.401. The summed E-state index contributed by atoms with van der Waals surface area (Å²) >= 11 is 5.60. The number of halogens is 2. The monoisotopic (exact) mass is 290 g/mol. The van der Waals surface area contributed by atoms with Crippen LogP contribution in [0.2, 0.25) is 5.02 Å². The molecule has 3 N–H and O–H groups in total. The molecule has 0 radical (unpaired) electrons. The van der Waals surface area contributed by atoms with Crippen LogP contribution in [-0.4, -0.2) is 53.9 Å². The minimum absolute atomic E-state index is 0.0239. The van der Waals surface area contributed by atoms with Crippen LogP contribution in [-0.2, 0) is 4.79 Å². The van der Waals surface area contributed by atoms with Crippen molar-refractivity contribution in [2.45, 2.75) is 0 Å². The molecule has 0 aliphatic rings. The maximum absolute atomic E-state index is 12.9. The lowest BCUT2D eigenvalue weighted by Gasteiger charge is -2.19. The molecule has 7 heteroatoms. The van der Waals surface area contributed by atoms with E-state index in [1.165, 1.54) is 12.1 Å². The molecule has 0 atom stereocenters. The van der Waals surface area contributed by atoms with E-state index in [0.717, 1.165) is 6.07 Å². The number of anilines is 1. The zero-order valence-electron chi connectivity index (χ0n) is 10.3. The molecule has 5 nitrogen and oxygen atoms in total. The minimum atomic E-state index is -0.554. The van der Waals surface area contributed by atoms with Crippen molar-refractivity contribution in [2.75, 3.05) is 38.2 Å². The molecule has 1 rings (SSSR count). The van der Waals surface area contributed by atoms with Crippen molar-refractivity contribution in [3.8, 4) is 0 Å². The number of benzene rings is 1. The van der Waals surface area contributed by atoms with Gasteiger partial charge >= 0.3 is 0 Å². The topological polar surface area (TPSA) is 72.8 Å². The highest BCUT2D eigenvalue weighted by molar-refractivity contribution is 6.31. The summed E-state index contributed by atoms with van der Waals surface area (Å²) in [7, 11) is 0. The largest absolute Gasteiger partial charge is 0.395 e. The quantitative estimate of drug-likeness (QED) is 0.691. The van der Waals surface area contributed by atoms with Gasteiger partial charge in [-0.25, -0.2) is 4.39 Å². The molecule has 1 amide bonds. The first-order valence-electron chi connectivity index (χ1n) is 5.75. The standard InChI is InChI=1S/C12H16ClFN2O3/c13-10-7-9(1-2-11(10)14)15-12(19)8-16(3-5-17)4-6-18/h1-2,7,17-18H,3-6,8H2,(H,15,19). The van der Waals surface area contributed by atoms with E-state index in [4.69, 9.17) is 21.8 Å². The maximum Gasteiger partial charge on any atom is 0.238 e. The molecular formula is C12H16ClFN2O3. The van der Waals surface area contributed by atoms with E-state index in [2.05, 4.69) is 5.32 Å². The second-order valence-electron chi connectivity index (χ2n) is 3.90. The molecule has 106 valence electrons. The molecule has 0 saturated heterocycles. The predicted octanol–water partition coefficient (Wildman–Crippen LogP) is 0.704. The molecule has 0 unspecified atom stereocenters. The van der Waals surface area contributed by atoms with Crippen LogP contribution in [0.1, 0.15) is 0 Å². The second kappa shape index (κ2) is 8.06. The van der Waals surface area contributed by atoms with E-state index in [-0.39, 0.29) is 43.8 Å². The van der Waals surface area contributed by atoms with Gasteiger partial charge < -0.3 is 15.5 Å². The third-order valence-corrected chi connectivity index (χ3v) is 2.69. The molecule has 0 saturated carbocycles. The number of rotatable bonds is 7. The highest BCUT2D eigenvalue weighted by Gasteiger charge is 2.10. The van der Waals surface area contributed by atoms with Crippen molar-refractivity contribution in [1.29, 1.82) is 0 Å². The van der Waals surface area contributed by atoms with Gasteiger partial charge in [0.25, 0.3) is 0 Å². The lowest BCUT2D eigenvalue weighted by molar-refractivity contribution is -0.117. The Labute approximate surface area is 115 Å². The van der Waals surface area contributed by atoms with Crippen molar-refractivity contribution in [2.24, 2.45) is 0 Å². The molecule has 0 aromatic heterocycles. The van der Waals surface area contributed by atoms with Gasteiger partial charge in [0, 0.05) is 18.8 Å². The van der Waals surface area contributed by atoms with E-state index in [1.807, 2.05) is 0 Å². The highest BCUT2D eigenvalue weighted by atomic mass is 35.5. The van der Waals surface area contributed by atoms with Gasteiger partial charge in [0.1, 0.15) is 5.82 Å². The van der Waals surface area contributed by atoms with Gasteiger partial charge in [0.2, 0.25) is 5.91 Å². The van der Waals surface area contributed by atoms with Crippen LogP contribution in [0.25, 0.3) is 0 Å². The number of aliphatic hydroxyl groups is 2. The molecule has 0 aliphatic carbocycles. The first kappa shape index (κ1) is 15.8. The van der Waals surface area contributed by atoms with Gasteiger partial charge in [0.05, 0.1) is 24.8 Å². The average molecular weight is 291 g/mol. The molecule has 0 spiro atoms. The van der Waals surface area contributed by atoms with Crippen molar-refractivity contribution in [3.05, 3.63) is 29.0 Å². The summed E-state index contributed by atoms with van der Waals surface area (Å²) in [5.74, 6) is -0.883. The summed E-state index contributed by atoms with van der Waals surface area (Å²) in [4.78, 5) is 13.3. The number of hydrogen-bond donors (Lipinski definition) is 3. The van der Waals surface area contributed by atoms with E-state index in [9.17, 15) is 9.18 Å². The number of amides is 1. The van der Waals surface area contributed by atoms with Crippen molar-refractivity contribution >= 4 is 23.2 Å². The molecule has 1 aromatic carbocycles. The molecule has 19 heavy (non-hydrogen) atoms. The summed E-state index contributed by atoms with van der Waals surface area (Å²) < 4.78 is 12.9. The first-order chi connectivity index (χ1) is 9.06. The number of carbonyl (C=O) groups is 1. The fourth-order valence-electron chi connectivity index (χ4n) is 1.53. The Balaban J connectivity index is 2.55. The number of nitrogens with zero attached hydrogens (tertiary/aromatic N) is 1. The number of aliphatic hydroxyl groups excluding tert-OH is 2. The van der Waals surface area contributed by atoms with Crippen molar-refractivity contribution < 1.29 is 19.4 Å². The van der Waals surface area contributed by atoms with Crippen LogP contribution in [0, 0.1) is 5.82 Å². The van der Waals surface area contributed by atoms with Gasteiger partial charge in [-0.3, -0.25) is 9.69 Å². The van der Waals surface area contributed by atoms with E-state index in [1.54, 1.807) is 4.90 Å². The predicted molar refractivity (Wildman–Crippen MR) is 70.7 cm³/mol. The summed E-state index contributed by atoms with van der Waals surface area (Å²) in [6, 6.07) is 3.88. The Bertz CT molecular complexity index is 425. The van der Waals surface area contributed by atoms with Gasteiger partial charge in [-0.05, 0) is 18.2 Å². The first-order valence-corrected chi connectivity index (χ1v) is 6.13. The normalized spacial score (nSPS) is 10.8. The Morgan fingerprint density at radius 1 is 1.32 bits per heavy atom. The van der Waals surface area contributed by atoms with Crippen LogP contribution >= 0.6 is 11.6 Å². The number of carbonyl (C=O) groups excluding carboxylic acids is 1. The fraction of sp³-hybridized carbons (Fsp3) is 0.417. The van der Waals surface area contributed by atoms with Gasteiger partial charge in [0.15, 0.2) is 0 Å². The minimum Gasteiger partial charge on any atom is -0.395 e. The average Bonchev–Trinajstić information content (AvgIpc) is 2.34. The molecule has 0 bridgehead atoms. The zero-order valence-corrected chi connectivity index (χ0v) is 11.0. The Kier molecular flexibility index (Phi) is 6.72. The van der Waals surface area contributed by atoms with Crippen LogP contribution in [0.3, 0.4) is 0 Å². The van der Waals surface area contributed by atoms with Crippen LogP contribution in [0.4, 0.5) is 10.1 Å². The van der Waals surface area contributed by atoms with E-state index in [0.29, 0.717) is 5.69 Å². The van der Waals surface area contributed by atoms with E-state index < -0.39 is 5.82 Å². The SMILES string of the molecule is O=C(CN(CCO)CCO)Nc1ccc(F)c(Cl)c1. The lowest BCUT2D eigenvalue weighted by Crippen LogP contribution is -2.37. The van der Waals surface area contributed by atoms with Crippen LogP contribution in [0.15, 0.2) is 18.2 Å². The smallest absolute Gasteiger partial charge is 0.238 e. The van der Waals surface area contributed by atoms with Crippen LogP contribution in [0.5, 0.6) is 0 Å². The van der Waals surface area contributed by atoms with Crippen molar-refractivity contribution in [1.82, 2.24) is 4.90 Å². The Morgan fingerprint density at radius 3 is 2.47 bits per heavy atom. The third kappa shape index (κ3) is 5.52. The van der Waals surface area contributed by atoms with Gasteiger partial charge in [-0.1, -0.05) is 11.6 Å². The number of nitrogens with one attached hydrogen (secondary N) is 1. The fourth-order valence-corrected chi connectivity index (χ4v) is 1.71. The second-order valence-corrected chi connectivity index (χ2v) is 4.31. The summed E-state index contributed by atoms with van der Waals surface area (Å²) in [6.07, 6.45) is 0. The highest BCUT2D eigenvalue weighted by Crippen LogP contribution is 2.19. The zero-order chi connectivity index (χ0) is 14.3. The maximum atomic E-state index is 12.9.